The molecule has 0 N–H and O–H groups in total. The standard InChI is InChI=1S/C18H18O2/c1-3-19-17-11-15-9-13-7-5-6-8-14(13)10-16(15)12-18(17)20-4-2/h5-12H,3-4H2,1-2H3. The third kappa shape index (κ3) is 2.29. The number of benzene rings is 3. The molecule has 3 rings (SSSR count). The lowest BCUT2D eigenvalue weighted by atomic mass is 10.0. The van der Waals surface area contributed by atoms with Crippen molar-refractivity contribution < 1.29 is 9.47 Å². The van der Waals surface area contributed by atoms with Gasteiger partial charge in [0.2, 0.25) is 0 Å². The van der Waals surface area contributed by atoms with Crippen LogP contribution in [0.5, 0.6) is 11.5 Å². The molecular weight excluding hydrogens is 248 g/mol. The third-order valence-corrected chi connectivity index (χ3v) is 3.37. The first kappa shape index (κ1) is 12.8. The molecule has 0 aliphatic rings. The number of rotatable bonds is 4. The van der Waals surface area contributed by atoms with Gasteiger partial charge in [-0.15, -0.1) is 0 Å². The summed E-state index contributed by atoms with van der Waals surface area (Å²) in [5.41, 5.74) is 0. The lowest BCUT2D eigenvalue weighted by Crippen LogP contribution is -1.98. The van der Waals surface area contributed by atoms with Crippen LogP contribution in [0.1, 0.15) is 13.8 Å². The predicted molar refractivity (Wildman–Crippen MR) is 83.8 cm³/mol. The van der Waals surface area contributed by atoms with Crippen molar-refractivity contribution in [3.63, 3.8) is 0 Å². The van der Waals surface area contributed by atoms with Crippen LogP contribution in [0, 0.1) is 0 Å². The van der Waals surface area contributed by atoms with E-state index in [9.17, 15) is 0 Å². The number of fused-ring (bicyclic) bond motifs is 2. The second kappa shape index (κ2) is 5.41. The lowest BCUT2D eigenvalue weighted by Gasteiger charge is -2.12. The number of hydrogen-bond donors (Lipinski definition) is 0. The van der Waals surface area contributed by atoms with E-state index < -0.39 is 0 Å². The summed E-state index contributed by atoms with van der Waals surface area (Å²) in [7, 11) is 0. The van der Waals surface area contributed by atoms with Gasteiger partial charge in [-0.2, -0.15) is 0 Å². The highest BCUT2D eigenvalue weighted by molar-refractivity contribution is 5.99. The van der Waals surface area contributed by atoms with Gasteiger partial charge in [-0.3, -0.25) is 0 Å². The van der Waals surface area contributed by atoms with Crippen LogP contribution in [0.2, 0.25) is 0 Å². The molecule has 0 aliphatic carbocycles. The Morgan fingerprint density at radius 3 is 1.50 bits per heavy atom. The fraction of sp³-hybridized carbons (Fsp3) is 0.222. The first-order valence-electron chi connectivity index (χ1n) is 7.04. The molecule has 2 nitrogen and oxygen atoms in total. The minimum absolute atomic E-state index is 0.638. The predicted octanol–water partition coefficient (Wildman–Crippen LogP) is 4.79. The van der Waals surface area contributed by atoms with Crippen molar-refractivity contribution in [2.75, 3.05) is 13.2 Å². The summed E-state index contributed by atoms with van der Waals surface area (Å²) in [5.74, 6) is 1.63. The van der Waals surface area contributed by atoms with Crippen molar-refractivity contribution in [3.8, 4) is 11.5 Å². The Balaban J connectivity index is 2.23. The molecule has 0 saturated heterocycles. The van der Waals surface area contributed by atoms with Crippen LogP contribution in [-0.4, -0.2) is 13.2 Å². The topological polar surface area (TPSA) is 18.5 Å². The molecule has 20 heavy (non-hydrogen) atoms. The van der Waals surface area contributed by atoms with Crippen LogP contribution in [-0.2, 0) is 0 Å². The summed E-state index contributed by atoms with van der Waals surface area (Å²) in [4.78, 5) is 0. The van der Waals surface area contributed by atoms with E-state index in [4.69, 9.17) is 9.47 Å². The zero-order valence-corrected chi connectivity index (χ0v) is 11.8. The maximum atomic E-state index is 5.68. The van der Waals surface area contributed by atoms with Crippen molar-refractivity contribution in [1.82, 2.24) is 0 Å². The molecule has 0 atom stereocenters. The van der Waals surface area contributed by atoms with Gasteiger partial charge in [-0.05, 0) is 59.7 Å². The monoisotopic (exact) mass is 266 g/mol. The SMILES string of the molecule is CCOc1cc2cc3ccccc3cc2cc1OCC. The molecule has 0 aromatic heterocycles. The highest BCUT2D eigenvalue weighted by atomic mass is 16.5. The quantitative estimate of drug-likeness (QED) is 0.632. The van der Waals surface area contributed by atoms with Crippen LogP contribution < -0.4 is 9.47 Å². The fourth-order valence-corrected chi connectivity index (χ4v) is 2.49. The fourth-order valence-electron chi connectivity index (χ4n) is 2.49. The summed E-state index contributed by atoms with van der Waals surface area (Å²) in [6, 6.07) is 16.9. The summed E-state index contributed by atoms with van der Waals surface area (Å²) in [6.07, 6.45) is 0. The molecule has 0 heterocycles. The molecule has 0 unspecified atom stereocenters. The first-order valence-corrected chi connectivity index (χ1v) is 7.04. The van der Waals surface area contributed by atoms with E-state index in [1.54, 1.807) is 0 Å². The zero-order valence-electron chi connectivity index (χ0n) is 11.8. The van der Waals surface area contributed by atoms with E-state index in [2.05, 4.69) is 48.5 Å². The molecule has 0 spiro atoms. The van der Waals surface area contributed by atoms with Crippen LogP contribution in [0.15, 0.2) is 48.5 Å². The molecule has 0 saturated carbocycles. The van der Waals surface area contributed by atoms with E-state index in [0.29, 0.717) is 13.2 Å². The van der Waals surface area contributed by atoms with E-state index in [-0.39, 0.29) is 0 Å². The van der Waals surface area contributed by atoms with E-state index in [1.807, 2.05) is 13.8 Å². The molecule has 102 valence electrons. The second-order valence-electron chi connectivity index (χ2n) is 4.71. The normalized spacial score (nSPS) is 10.9. The number of hydrogen-bond acceptors (Lipinski definition) is 2. The Morgan fingerprint density at radius 1 is 0.650 bits per heavy atom. The molecule has 0 aliphatic heterocycles. The zero-order chi connectivity index (χ0) is 13.9. The Hall–Kier alpha value is -2.22. The van der Waals surface area contributed by atoms with Gasteiger partial charge >= 0.3 is 0 Å². The van der Waals surface area contributed by atoms with E-state index in [1.165, 1.54) is 21.5 Å². The smallest absolute Gasteiger partial charge is 0.161 e. The summed E-state index contributed by atoms with van der Waals surface area (Å²) in [6.45, 7) is 5.25. The first-order chi connectivity index (χ1) is 9.81. The van der Waals surface area contributed by atoms with E-state index in [0.717, 1.165) is 11.5 Å². The van der Waals surface area contributed by atoms with Crippen LogP contribution >= 0.6 is 0 Å². The summed E-state index contributed by atoms with van der Waals surface area (Å²) < 4.78 is 11.4. The molecule has 2 heteroatoms. The van der Waals surface area contributed by atoms with Gasteiger partial charge in [0.1, 0.15) is 0 Å². The van der Waals surface area contributed by atoms with E-state index >= 15 is 0 Å². The minimum atomic E-state index is 0.638. The Kier molecular flexibility index (Phi) is 3.46. The average molecular weight is 266 g/mol. The van der Waals surface area contributed by atoms with Crippen LogP contribution in [0.4, 0.5) is 0 Å². The largest absolute Gasteiger partial charge is 0.490 e. The van der Waals surface area contributed by atoms with Gasteiger partial charge in [0.05, 0.1) is 13.2 Å². The van der Waals surface area contributed by atoms with Crippen LogP contribution in [0.3, 0.4) is 0 Å². The highest BCUT2D eigenvalue weighted by Crippen LogP contribution is 2.34. The maximum Gasteiger partial charge on any atom is 0.161 e. The highest BCUT2D eigenvalue weighted by Gasteiger charge is 2.08. The molecule has 3 aromatic carbocycles. The Labute approximate surface area is 118 Å². The van der Waals surface area contributed by atoms with Crippen molar-refractivity contribution in [2.45, 2.75) is 13.8 Å². The van der Waals surface area contributed by atoms with Crippen molar-refractivity contribution in [2.24, 2.45) is 0 Å². The second-order valence-corrected chi connectivity index (χ2v) is 4.71. The van der Waals surface area contributed by atoms with Gasteiger partial charge in [-0.1, -0.05) is 24.3 Å². The molecule has 0 bridgehead atoms. The van der Waals surface area contributed by atoms with Gasteiger partial charge in [-0.25, -0.2) is 0 Å². The number of ether oxygens (including phenoxy) is 2. The lowest BCUT2D eigenvalue weighted by molar-refractivity contribution is 0.288. The Morgan fingerprint density at radius 2 is 1.10 bits per heavy atom. The van der Waals surface area contributed by atoms with Gasteiger partial charge in [0, 0.05) is 0 Å². The third-order valence-electron chi connectivity index (χ3n) is 3.37. The molecule has 3 aromatic rings. The molecule has 0 amide bonds. The molecular formula is C18H18O2. The van der Waals surface area contributed by atoms with Gasteiger partial charge in [0.25, 0.3) is 0 Å². The van der Waals surface area contributed by atoms with Gasteiger partial charge < -0.3 is 9.47 Å². The van der Waals surface area contributed by atoms with Crippen molar-refractivity contribution in [1.29, 1.82) is 0 Å². The average Bonchev–Trinajstić information content (AvgIpc) is 2.46. The van der Waals surface area contributed by atoms with Crippen LogP contribution in [0.25, 0.3) is 21.5 Å². The molecule has 0 fully saturated rings. The van der Waals surface area contributed by atoms with Crippen molar-refractivity contribution in [3.05, 3.63) is 48.5 Å². The summed E-state index contributed by atoms with van der Waals surface area (Å²) in [5, 5.41) is 4.84. The minimum Gasteiger partial charge on any atom is -0.490 e. The van der Waals surface area contributed by atoms with Crippen molar-refractivity contribution >= 4 is 21.5 Å². The Bertz CT molecular complexity index is 683. The summed E-state index contributed by atoms with van der Waals surface area (Å²) >= 11 is 0. The molecule has 0 radical (unpaired) electrons. The van der Waals surface area contributed by atoms with Gasteiger partial charge in [0.15, 0.2) is 11.5 Å². The maximum absolute atomic E-state index is 5.68.